The highest BCUT2D eigenvalue weighted by Gasteiger charge is 2.38. The summed E-state index contributed by atoms with van der Waals surface area (Å²) in [5, 5.41) is 19.6. The Hall–Kier alpha value is -2.12. The molecule has 0 saturated carbocycles. The van der Waals surface area contributed by atoms with Crippen LogP contribution in [-0.4, -0.2) is 15.8 Å². The summed E-state index contributed by atoms with van der Waals surface area (Å²) in [5.74, 6) is -2.08. The molecule has 0 spiro atoms. The number of alkyl halides is 3. The van der Waals surface area contributed by atoms with Crippen molar-refractivity contribution in [3.63, 3.8) is 0 Å². The molecule has 0 aliphatic carbocycles. The topological polar surface area (TPSA) is 80.4 Å². The SMILES string of the molecule is CC(=O)c1c(O)cc([N+](=O)[O-])cc1C(F)(F)F. The molecule has 92 valence electrons. The van der Waals surface area contributed by atoms with Gasteiger partial charge in [0.15, 0.2) is 5.78 Å². The second-order valence-corrected chi connectivity index (χ2v) is 3.20. The van der Waals surface area contributed by atoms with Gasteiger partial charge in [-0.3, -0.25) is 14.9 Å². The number of rotatable bonds is 2. The summed E-state index contributed by atoms with van der Waals surface area (Å²) in [4.78, 5) is 20.3. The third-order valence-electron chi connectivity index (χ3n) is 1.97. The zero-order chi connectivity index (χ0) is 13.4. The molecule has 0 bridgehead atoms. The van der Waals surface area contributed by atoms with E-state index in [0.717, 1.165) is 6.92 Å². The van der Waals surface area contributed by atoms with Gasteiger partial charge in [-0.2, -0.15) is 13.2 Å². The number of Topliss-reactive ketones (excluding diaryl/α,β-unsaturated/α-hetero) is 1. The van der Waals surface area contributed by atoms with Gasteiger partial charge in [0.25, 0.3) is 5.69 Å². The Morgan fingerprint density at radius 2 is 1.94 bits per heavy atom. The second-order valence-electron chi connectivity index (χ2n) is 3.20. The number of aromatic hydroxyl groups is 1. The first kappa shape index (κ1) is 12.9. The van der Waals surface area contributed by atoms with Crippen LogP contribution in [0, 0.1) is 10.1 Å². The predicted molar refractivity (Wildman–Crippen MR) is 49.8 cm³/mol. The van der Waals surface area contributed by atoms with E-state index in [9.17, 15) is 33.2 Å². The van der Waals surface area contributed by atoms with Crippen molar-refractivity contribution in [2.75, 3.05) is 0 Å². The molecule has 0 fully saturated rings. The van der Waals surface area contributed by atoms with Crippen molar-refractivity contribution >= 4 is 11.5 Å². The van der Waals surface area contributed by atoms with Crippen LogP contribution in [0.15, 0.2) is 12.1 Å². The Labute approximate surface area is 92.6 Å². The van der Waals surface area contributed by atoms with Crippen LogP contribution < -0.4 is 0 Å². The van der Waals surface area contributed by atoms with Gasteiger partial charge in [0, 0.05) is 6.07 Å². The van der Waals surface area contributed by atoms with Gasteiger partial charge in [0.1, 0.15) is 5.75 Å². The fourth-order valence-corrected chi connectivity index (χ4v) is 1.31. The summed E-state index contributed by atoms with van der Waals surface area (Å²) < 4.78 is 37.6. The van der Waals surface area contributed by atoms with Crippen LogP contribution in [0.3, 0.4) is 0 Å². The molecule has 0 atom stereocenters. The molecule has 0 amide bonds. The Bertz CT molecular complexity index is 496. The number of nitro groups is 1. The number of hydrogen-bond acceptors (Lipinski definition) is 4. The van der Waals surface area contributed by atoms with E-state index in [4.69, 9.17) is 0 Å². The van der Waals surface area contributed by atoms with Crippen molar-refractivity contribution < 1.29 is 28.0 Å². The lowest BCUT2D eigenvalue weighted by atomic mass is 10.0. The first-order chi connectivity index (χ1) is 7.64. The molecule has 1 aromatic carbocycles. The average Bonchev–Trinajstić information content (AvgIpc) is 2.14. The van der Waals surface area contributed by atoms with Crippen LogP contribution in [-0.2, 0) is 6.18 Å². The smallest absolute Gasteiger partial charge is 0.417 e. The maximum atomic E-state index is 12.5. The van der Waals surface area contributed by atoms with Gasteiger partial charge in [-0.05, 0) is 6.92 Å². The van der Waals surface area contributed by atoms with E-state index in [2.05, 4.69) is 0 Å². The summed E-state index contributed by atoms with van der Waals surface area (Å²) in [7, 11) is 0. The minimum Gasteiger partial charge on any atom is -0.507 e. The third-order valence-corrected chi connectivity index (χ3v) is 1.97. The summed E-state index contributed by atoms with van der Waals surface area (Å²) in [5.41, 5.74) is -3.42. The zero-order valence-corrected chi connectivity index (χ0v) is 8.41. The number of ketones is 1. The van der Waals surface area contributed by atoms with E-state index in [-0.39, 0.29) is 6.07 Å². The average molecular weight is 249 g/mol. The molecular weight excluding hydrogens is 243 g/mol. The molecule has 0 aliphatic rings. The monoisotopic (exact) mass is 249 g/mol. The molecule has 1 aromatic rings. The van der Waals surface area contributed by atoms with Gasteiger partial charge in [0.2, 0.25) is 0 Å². The Kier molecular flexibility index (Phi) is 3.08. The van der Waals surface area contributed by atoms with Crippen LogP contribution in [0.25, 0.3) is 0 Å². The lowest BCUT2D eigenvalue weighted by Crippen LogP contribution is -2.12. The van der Waals surface area contributed by atoms with Crippen molar-refractivity contribution in [3.8, 4) is 5.75 Å². The molecule has 0 heterocycles. The highest BCUT2D eigenvalue weighted by atomic mass is 19.4. The third kappa shape index (κ3) is 2.52. The van der Waals surface area contributed by atoms with Crippen molar-refractivity contribution in [2.45, 2.75) is 13.1 Å². The maximum absolute atomic E-state index is 12.5. The molecule has 5 nitrogen and oxygen atoms in total. The lowest BCUT2D eigenvalue weighted by molar-refractivity contribution is -0.385. The van der Waals surface area contributed by atoms with Crippen molar-refractivity contribution in [1.82, 2.24) is 0 Å². The van der Waals surface area contributed by atoms with Crippen LogP contribution in [0.4, 0.5) is 18.9 Å². The van der Waals surface area contributed by atoms with Crippen LogP contribution >= 0.6 is 0 Å². The maximum Gasteiger partial charge on any atom is 0.417 e. The molecule has 8 heteroatoms. The number of phenolic OH excluding ortho intramolecular Hbond substituents is 1. The highest BCUT2D eigenvalue weighted by molar-refractivity contribution is 5.98. The number of phenols is 1. The first-order valence-corrected chi connectivity index (χ1v) is 4.24. The Morgan fingerprint density at radius 1 is 1.41 bits per heavy atom. The molecule has 0 aromatic heterocycles. The zero-order valence-electron chi connectivity index (χ0n) is 8.41. The minimum absolute atomic E-state index is 0.219. The number of benzene rings is 1. The molecular formula is C9H6F3NO4. The molecule has 0 unspecified atom stereocenters. The summed E-state index contributed by atoms with van der Waals surface area (Å²) >= 11 is 0. The number of carbonyl (C=O) groups is 1. The van der Waals surface area contributed by atoms with Crippen LogP contribution in [0.1, 0.15) is 22.8 Å². The Balaban J connectivity index is 3.62. The van der Waals surface area contributed by atoms with Gasteiger partial charge in [-0.25, -0.2) is 0 Å². The van der Waals surface area contributed by atoms with Crippen molar-refractivity contribution in [3.05, 3.63) is 33.4 Å². The summed E-state index contributed by atoms with van der Waals surface area (Å²) in [6.07, 6.45) is -4.95. The van der Waals surface area contributed by atoms with Gasteiger partial charge in [-0.1, -0.05) is 0 Å². The lowest BCUT2D eigenvalue weighted by Gasteiger charge is -2.11. The number of halogens is 3. The fraction of sp³-hybridized carbons (Fsp3) is 0.222. The molecule has 1 N–H and O–H groups in total. The minimum atomic E-state index is -4.95. The highest BCUT2D eigenvalue weighted by Crippen LogP contribution is 2.38. The van der Waals surface area contributed by atoms with Crippen LogP contribution in [0.5, 0.6) is 5.75 Å². The number of carbonyl (C=O) groups excluding carboxylic acids is 1. The van der Waals surface area contributed by atoms with E-state index < -0.39 is 39.4 Å². The predicted octanol–water partition coefficient (Wildman–Crippen LogP) is 2.52. The number of nitro benzene ring substituents is 1. The first-order valence-electron chi connectivity index (χ1n) is 4.24. The fourth-order valence-electron chi connectivity index (χ4n) is 1.31. The molecule has 0 radical (unpaired) electrons. The van der Waals surface area contributed by atoms with Gasteiger partial charge < -0.3 is 5.11 Å². The van der Waals surface area contributed by atoms with Crippen molar-refractivity contribution in [2.24, 2.45) is 0 Å². The van der Waals surface area contributed by atoms with E-state index in [1.807, 2.05) is 0 Å². The quantitative estimate of drug-likeness (QED) is 0.496. The van der Waals surface area contributed by atoms with E-state index in [0.29, 0.717) is 6.07 Å². The van der Waals surface area contributed by atoms with E-state index in [1.54, 1.807) is 0 Å². The largest absolute Gasteiger partial charge is 0.507 e. The van der Waals surface area contributed by atoms with Crippen molar-refractivity contribution in [1.29, 1.82) is 0 Å². The second kappa shape index (κ2) is 4.04. The van der Waals surface area contributed by atoms with E-state index in [1.165, 1.54) is 0 Å². The van der Waals surface area contributed by atoms with Gasteiger partial charge in [-0.15, -0.1) is 0 Å². The summed E-state index contributed by atoms with van der Waals surface area (Å²) in [6.45, 7) is 0.829. The van der Waals surface area contributed by atoms with E-state index >= 15 is 0 Å². The summed E-state index contributed by atoms with van der Waals surface area (Å²) in [6, 6.07) is 0.725. The molecule has 1 rings (SSSR count). The molecule has 0 aliphatic heterocycles. The number of hydrogen-bond donors (Lipinski definition) is 1. The molecule has 17 heavy (non-hydrogen) atoms. The number of nitrogens with zero attached hydrogens (tertiary/aromatic N) is 1. The van der Waals surface area contributed by atoms with Gasteiger partial charge >= 0.3 is 6.18 Å². The standard InChI is InChI=1S/C9H6F3NO4/c1-4(14)8-6(9(10,11)12)2-5(13(16)17)3-7(8)15/h2-3,15H,1H3. The van der Waals surface area contributed by atoms with Crippen LogP contribution in [0.2, 0.25) is 0 Å². The normalized spacial score (nSPS) is 11.3. The number of non-ortho nitro benzene ring substituents is 1. The van der Waals surface area contributed by atoms with Gasteiger partial charge in [0.05, 0.1) is 22.1 Å². The molecule has 0 saturated heterocycles. The Morgan fingerprint density at radius 3 is 2.29 bits per heavy atom.